The Morgan fingerprint density at radius 1 is 0.255 bits per heavy atom. The number of aromatic nitrogens is 4. The van der Waals surface area contributed by atoms with Gasteiger partial charge in [0, 0.05) is 116 Å². The molecule has 4 nitrogen and oxygen atoms in total. The summed E-state index contributed by atoms with van der Waals surface area (Å²) in [5.74, 6) is 0. The Morgan fingerprint density at radius 2 is 0.529 bits per heavy atom. The monoisotopic (exact) mass is 1420 g/mol. The van der Waals surface area contributed by atoms with Crippen molar-refractivity contribution in [1.29, 1.82) is 0 Å². The van der Waals surface area contributed by atoms with Crippen molar-refractivity contribution >= 4 is 47.0 Å². The molecule has 0 radical (unpaired) electrons. The first-order valence-corrected chi connectivity index (χ1v) is 38.7. The normalized spacial score (nSPS) is 15.8. The van der Waals surface area contributed by atoms with Crippen molar-refractivity contribution in [3.8, 4) is 45.0 Å². The van der Waals surface area contributed by atoms with Gasteiger partial charge in [-0.15, -0.1) is 0 Å². The number of nitrogens with zero attached hydrogens (tertiary/aromatic N) is 4. The van der Waals surface area contributed by atoms with Crippen LogP contribution in [0.25, 0.3) is 45.0 Å². The molecule has 4 aliphatic rings. The fourth-order valence-electron chi connectivity index (χ4n) is 15.7. The maximum atomic E-state index is 7.83. The Bertz CT molecular complexity index is 5610. The molecule has 102 heavy (non-hydrogen) atoms. The lowest BCUT2D eigenvalue weighted by molar-refractivity contribution is -0.661. The molecule has 16 rings (SSSR count). The van der Waals surface area contributed by atoms with Crippen LogP contribution in [0.4, 0.5) is 0 Å². The lowest BCUT2D eigenvalue weighted by Gasteiger charge is -2.35. The number of benzene rings is 8. The van der Waals surface area contributed by atoms with Crippen molar-refractivity contribution in [1.82, 2.24) is 0 Å². The fraction of sp³-hybridized carbons (Fsp3) is 0.277. The predicted octanol–water partition coefficient (Wildman–Crippen LogP) is 23.0. The van der Waals surface area contributed by atoms with Gasteiger partial charge in [-0.2, -0.15) is 0 Å². The Hall–Kier alpha value is -8.24. The van der Waals surface area contributed by atoms with Crippen LogP contribution in [0.3, 0.4) is 0 Å². The number of fused-ring (bicyclic) bond motifs is 8. The summed E-state index contributed by atoms with van der Waals surface area (Å²) in [4.78, 5) is 10.7. The second-order valence-electron chi connectivity index (χ2n) is 30.5. The first-order valence-electron chi connectivity index (χ1n) is 38.4. The summed E-state index contributed by atoms with van der Waals surface area (Å²) >= 11 is 7.48. The summed E-state index contributed by atoms with van der Waals surface area (Å²) in [5.41, 5.74) is 31.3. The van der Waals surface area contributed by atoms with Crippen LogP contribution < -0.4 is 18.3 Å². The highest BCUT2D eigenvalue weighted by Gasteiger charge is 2.41. The van der Waals surface area contributed by atoms with Crippen molar-refractivity contribution in [2.45, 2.75) is 185 Å². The van der Waals surface area contributed by atoms with Crippen LogP contribution in [0.5, 0.6) is 0 Å². The van der Waals surface area contributed by atoms with E-state index in [1.165, 1.54) is 156 Å². The number of hydrogen-bond acceptors (Lipinski definition) is 4. The molecule has 0 saturated heterocycles. The van der Waals surface area contributed by atoms with E-state index in [2.05, 4.69) is 303 Å². The van der Waals surface area contributed by atoms with Crippen LogP contribution in [0.15, 0.2) is 246 Å². The molecule has 0 saturated carbocycles. The standard InChI is InChI=1S/2C24H26NS.2C23H24NS/c2*1-15-11-12-19-23(22(15)20-13-16(2)17(3)14-25(20)6)26-21-10-8-7-9-18(21)24(19,4)5;2*1-15-10-13-19(24(5)14-15)21-16(2)11-12-18-22(21)25-20-9-7-6-8-17(20)23(18,3)4/h2*7-14H,1-6H3;2*6-14H,1-5H3/q4*+1/i3D3;;1D3;. The minimum atomic E-state index is -2.11. The van der Waals surface area contributed by atoms with Gasteiger partial charge in [0.25, 0.3) is 0 Å². The molecule has 0 fully saturated rings. The molecule has 8 heteroatoms. The fourth-order valence-corrected chi connectivity index (χ4v) is 22.1. The molecule has 0 spiro atoms. The van der Waals surface area contributed by atoms with Crippen molar-refractivity contribution in [3.05, 3.63) is 307 Å². The lowest BCUT2D eigenvalue weighted by Crippen LogP contribution is -2.32. The second-order valence-corrected chi connectivity index (χ2v) is 34.8. The zero-order valence-corrected chi connectivity index (χ0v) is 66.3. The van der Waals surface area contributed by atoms with Crippen LogP contribution in [-0.2, 0) is 49.9 Å². The molecule has 4 aliphatic heterocycles. The molecule has 4 aromatic heterocycles. The summed E-state index contributed by atoms with van der Waals surface area (Å²) in [6.07, 6.45) is 7.95. The highest BCUT2D eigenvalue weighted by molar-refractivity contribution is 8.00. The quantitative estimate of drug-likeness (QED) is 0.163. The Balaban J connectivity index is 0.000000127. The van der Waals surface area contributed by atoms with Crippen LogP contribution in [0.1, 0.15) is 164 Å². The average Bonchev–Trinajstić information content (AvgIpc) is 0.747. The molecular formula is C94H100N4S4+4. The predicted molar refractivity (Wildman–Crippen MR) is 430 cm³/mol. The molecule has 8 aromatic carbocycles. The van der Waals surface area contributed by atoms with Gasteiger partial charge in [0.15, 0.2) is 24.8 Å². The minimum absolute atomic E-state index is 0.0118. The van der Waals surface area contributed by atoms with Gasteiger partial charge in [0.05, 0.1) is 22.3 Å². The van der Waals surface area contributed by atoms with E-state index in [-0.39, 0.29) is 21.7 Å². The zero-order valence-electron chi connectivity index (χ0n) is 69.1. The maximum absolute atomic E-state index is 7.83. The van der Waals surface area contributed by atoms with Gasteiger partial charge in [-0.05, 0) is 183 Å². The highest BCUT2D eigenvalue weighted by Crippen LogP contribution is 2.57. The van der Waals surface area contributed by atoms with Gasteiger partial charge < -0.3 is 0 Å². The summed E-state index contributed by atoms with van der Waals surface area (Å²) in [7, 11) is 8.17. The van der Waals surface area contributed by atoms with Crippen molar-refractivity contribution in [3.63, 3.8) is 0 Å². The van der Waals surface area contributed by atoms with Crippen LogP contribution in [0.2, 0.25) is 0 Å². The third kappa shape index (κ3) is 12.9. The van der Waals surface area contributed by atoms with E-state index < -0.39 is 13.7 Å². The van der Waals surface area contributed by atoms with Crippen molar-refractivity contribution < 1.29 is 26.5 Å². The van der Waals surface area contributed by atoms with Crippen LogP contribution in [-0.4, -0.2) is 0 Å². The van der Waals surface area contributed by atoms with Gasteiger partial charge in [0.2, 0.25) is 22.8 Å². The van der Waals surface area contributed by atoms with Crippen LogP contribution in [0, 0.1) is 69.1 Å². The molecule has 8 heterocycles. The number of rotatable bonds is 4. The first-order chi connectivity index (χ1) is 50.8. The number of pyridine rings is 4. The molecule has 516 valence electrons. The molecule has 0 bridgehead atoms. The largest absolute Gasteiger partial charge is 0.213 e. The summed E-state index contributed by atoms with van der Waals surface area (Å²) in [6.45, 7) is 31.5. The molecular weight excluding hydrogens is 1310 g/mol. The topological polar surface area (TPSA) is 15.5 Å². The van der Waals surface area contributed by atoms with Crippen LogP contribution >= 0.6 is 47.0 Å². The van der Waals surface area contributed by atoms with E-state index in [1.54, 1.807) is 18.5 Å². The summed E-state index contributed by atoms with van der Waals surface area (Å²) in [6, 6.07) is 65.5. The third-order valence-corrected chi connectivity index (χ3v) is 26.7. The maximum Gasteiger partial charge on any atom is 0.213 e. The Morgan fingerprint density at radius 3 is 0.843 bits per heavy atom. The molecule has 0 aliphatic carbocycles. The van der Waals surface area contributed by atoms with Gasteiger partial charge in [-0.3, -0.25) is 0 Å². The van der Waals surface area contributed by atoms with Crippen molar-refractivity contribution in [2.75, 3.05) is 0 Å². The minimum Gasteiger partial charge on any atom is -0.201 e. The second kappa shape index (κ2) is 27.8. The van der Waals surface area contributed by atoms with Gasteiger partial charge >= 0.3 is 0 Å². The molecule has 0 amide bonds. The summed E-state index contributed by atoms with van der Waals surface area (Å²) < 4.78 is 55.0. The van der Waals surface area contributed by atoms with Crippen molar-refractivity contribution in [2.24, 2.45) is 28.2 Å². The Kier molecular flexibility index (Phi) is 17.6. The lowest BCUT2D eigenvalue weighted by atomic mass is 9.76. The first kappa shape index (κ1) is 64.6. The smallest absolute Gasteiger partial charge is 0.201 e. The number of aryl methyl sites for hydroxylation is 14. The van der Waals surface area contributed by atoms with E-state index in [9.17, 15) is 0 Å². The molecule has 0 unspecified atom stereocenters. The Labute approximate surface area is 634 Å². The molecule has 0 atom stereocenters. The van der Waals surface area contributed by atoms with E-state index in [0.29, 0.717) is 11.1 Å². The van der Waals surface area contributed by atoms with E-state index >= 15 is 0 Å². The number of hydrogen-bond donors (Lipinski definition) is 0. The molecule has 0 N–H and O–H groups in total. The van der Waals surface area contributed by atoms with Gasteiger partial charge in [-0.25, -0.2) is 18.3 Å². The van der Waals surface area contributed by atoms with E-state index in [1.807, 2.05) is 89.3 Å². The van der Waals surface area contributed by atoms with Gasteiger partial charge in [0.1, 0.15) is 28.2 Å². The highest BCUT2D eigenvalue weighted by atomic mass is 32.2. The third-order valence-electron chi connectivity index (χ3n) is 21.9. The van der Waals surface area contributed by atoms with E-state index in [0.717, 1.165) is 17.0 Å². The SMILES string of the molecule is Cc1cc(-c2c(C)ccc3c2Sc2ccccc2C3(C)C)[n+](C)cc1C.Cc1ccc(-c2c(C)ccc3c2Sc2ccccc2C3(C)C)[n+](C)c1.[2H]C([2H])([2H])c1c[n+](C)c(-c2c(C)ccc3c2Sc2ccccc2C3(C)C)cc1C.[2H]C([2H])([2H])c1ccc(-c2c(C)ccc3c2Sc2ccccc2C3(C)C)[n+](C)c1. The average molecular weight is 1420 g/mol. The van der Waals surface area contributed by atoms with E-state index in [4.69, 9.17) is 8.22 Å². The van der Waals surface area contributed by atoms with Gasteiger partial charge in [-0.1, -0.05) is 224 Å². The summed E-state index contributed by atoms with van der Waals surface area (Å²) in [5, 5.41) is 0. The zero-order chi connectivity index (χ0) is 77.8. The molecule has 12 aromatic rings.